The molecule has 22 heavy (non-hydrogen) atoms. The van der Waals surface area contributed by atoms with Gasteiger partial charge >= 0.3 is 11.9 Å². The van der Waals surface area contributed by atoms with E-state index in [2.05, 4.69) is 5.16 Å². The van der Waals surface area contributed by atoms with Crippen LogP contribution >= 0.6 is 0 Å². The molecular formula is C15H19NO6. The lowest BCUT2D eigenvalue weighted by molar-refractivity contribution is -0.135. The maximum absolute atomic E-state index is 12.1. The van der Waals surface area contributed by atoms with Crippen LogP contribution in [0.2, 0.25) is 0 Å². The van der Waals surface area contributed by atoms with Crippen LogP contribution in [0.15, 0.2) is 17.3 Å². The van der Waals surface area contributed by atoms with E-state index >= 15 is 0 Å². The second-order valence-electron chi connectivity index (χ2n) is 4.25. The number of hydrogen-bond donors (Lipinski definition) is 0. The Morgan fingerprint density at radius 2 is 1.91 bits per heavy atom. The molecule has 120 valence electrons. The second kappa shape index (κ2) is 8.02. The maximum atomic E-state index is 12.1. The van der Waals surface area contributed by atoms with Gasteiger partial charge in [0.1, 0.15) is 18.6 Å². The van der Waals surface area contributed by atoms with E-state index in [9.17, 15) is 9.59 Å². The van der Waals surface area contributed by atoms with Crippen molar-refractivity contribution < 1.29 is 28.6 Å². The van der Waals surface area contributed by atoms with Crippen LogP contribution in [0.5, 0.6) is 11.5 Å². The Kier molecular flexibility index (Phi) is 6.37. The highest BCUT2D eigenvalue weighted by Crippen LogP contribution is 2.30. The molecule has 0 spiro atoms. The summed E-state index contributed by atoms with van der Waals surface area (Å²) in [6.07, 6.45) is 0. The van der Waals surface area contributed by atoms with Crippen molar-refractivity contribution in [1.29, 1.82) is 0 Å². The zero-order chi connectivity index (χ0) is 16.7. The molecule has 0 amide bonds. The fraction of sp³-hybridized carbons (Fsp3) is 0.400. The van der Waals surface area contributed by atoms with Gasteiger partial charge < -0.3 is 19.0 Å². The Morgan fingerprint density at radius 3 is 2.41 bits per heavy atom. The third kappa shape index (κ3) is 4.21. The van der Waals surface area contributed by atoms with Crippen LogP contribution in [0, 0.1) is 6.92 Å². The molecule has 0 saturated heterocycles. The van der Waals surface area contributed by atoms with Crippen molar-refractivity contribution in [2.24, 2.45) is 5.16 Å². The number of methoxy groups -OCH3 is 1. The first kappa shape index (κ1) is 17.5. The predicted octanol–water partition coefficient (Wildman–Crippen LogP) is 1.84. The normalized spacial score (nSPS) is 10.9. The standard InChI is InChI=1S/C15H19NO6/c1-6-21-15(18)14(16-20-5)13-9(2)7-11(19-4)8-12(13)22-10(3)17/h7-8H,6H2,1-5H3/b16-14+. The minimum Gasteiger partial charge on any atom is -0.497 e. The van der Waals surface area contributed by atoms with Gasteiger partial charge in [0, 0.05) is 13.0 Å². The Hall–Kier alpha value is -2.57. The molecule has 1 aromatic rings. The van der Waals surface area contributed by atoms with E-state index < -0.39 is 11.9 Å². The van der Waals surface area contributed by atoms with Crippen LogP contribution in [0.4, 0.5) is 0 Å². The predicted molar refractivity (Wildman–Crippen MR) is 79.2 cm³/mol. The van der Waals surface area contributed by atoms with Gasteiger partial charge in [0.05, 0.1) is 19.3 Å². The molecule has 0 unspecified atom stereocenters. The Labute approximate surface area is 128 Å². The van der Waals surface area contributed by atoms with Gasteiger partial charge in [-0.25, -0.2) is 4.79 Å². The zero-order valence-corrected chi connectivity index (χ0v) is 13.3. The topological polar surface area (TPSA) is 83.4 Å². The van der Waals surface area contributed by atoms with Gasteiger partial charge in [-0.1, -0.05) is 5.16 Å². The number of rotatable bonds is 6. The van der Waals surface area contributed by atoms with Crippen LogP contribution < -0.4 is 9.47 Å². The lowest BCUT2D eigenvalue weighted by Gasteiger charge is -2.14. The van der Waals surface area contributed by atoms with Crippen LogP contribution in [-0.4, -0.2) is 38.5 Å². The van der Waals surface area contributed by atoms with Gasteiger partial charge in [-0.2, -0.15) is 0 Å². The molecule has 0 aliphatic carbocycles. The van der Waals surface area contributed by atoms with Gasteiger partial charge in [0.2, 0.25) is 0 Å². The number of benzene rings is 1. The van der Waals surface area contributed by atoms with E-state index in [-0.39, 0.29) is 18.1 Å². The lowest BCUT2D eigenvalue weighted by atomic mass is 10.0. The first-order valence-corrected chi connectivity index (χ1v) is 6.60. The molecule has 0 bridgehead atoms. The van der Waals surface area contributed by atoms with E-state index in [1.807, 2.05) is 0 Å². The summed E-state index contributed by atoms with van der Waals surface area (Å²) in [6, 6.07) is 3.18. The molecule has 0 aliphatic rings. The molecule has 7 nitrogen and oxygen atoms in total. The second-order valence-corrected chi connectivity index (χ2v) is 4.25. The summed E-state index contributed by atoms with van der Waals surface area (Å²) in [5.74, 6) is -0.577. The summed E-state index contributed by atoms with van der Waals surface area (Å²) in [7, 11) is 2.80. The van der Waals surface area contributed by atoms with Crippen LogP contribution in [0.25, 0.3) is 0 Å². The molecule has 7 heteroatoms. The molecule has 0 atom stereocenters. The average molecular weight is 309 g/mol. The number of ether oxygens (including phenoxy) is 3. The first-order chi connectivity index (χ1) is 10.4. The average Bonchev–Trinajstić information content (AvgIpc) is 2.45. The zero-order valence-electron chi connectivity index (χ0n) is 13.3. The summed E-state index contributed by atoms with van der Waals surface area (Å²) in [5, 5.41) is 3.71. The molecule has 1 rings (SSSR count). The molecule has 0 aromatic heterocycles. The Morgan fingerprint density at radius 1 is 1.23 bits per heavy atom. The molecule has 0 aliphatic heterocycles. The summed E-state index contributed by atoms with van der Waals surface area (Å²) in [4.78, 5) is 28.1. The Bertz CT molecular complexity index is 594. The Balaban J connectivity index is 3.49. The summed E-state index contributed by atoms with van der Waals surface area (Å²) in [6.45, 7) is 4.85. The van der Waals surface area contributed by atoms with E-state index in [4.69, 9.17) is 19.0 Å². The fourth-order valence-electron chi connectivity index (χ4n) is 1.86. The van der Waals surface area contributed by atoms with Gasteiger partial charge in [-0.05, 0) is 25.5 Å². The summed E-state index contributed by atoms with van der Waals surface area (Å²) < 4.78 is 15.3. The third-order valence-electron chi connectivity index (χ3n) is 2.65. The summed E-state index contributed by atoms with van der Waals surface area (Å²) in [5.41, 5.74) is 0.858. The van der Waals surface area contributed by atoms with Crippen LogP contribution in [-0.2, 0) is 19.2 Å². The van der Waals surface area contributed by atoms with Crippen molar-refractivity contribution in [3.05, 3.63) is 23.3 Å². The van der Waals surface area contributed by atoms with E-state index in [0.717, 1.165) is 0 Å². The van der Waals surface area contributed by atoms with E-state index in [1.54, 1.807) is 19.9 Å². The van der Waals surface area contributed by atoms with Crippen molar-refractivity contribution in [3.63, 3.8) is 0 Å². The van der Waals surface area contributed by atoms with Gasteiger partial charge in [-0.15, -0.1) is 0 Å². The highest BCUT2D eigenvalue weighted by molar-refractivity contribution is 6.44. The van der Waals surface area contributed by atoms with Gasteiger partial charge in [0.15, 0.2) is 5.71 Å². The number of aryl methyl sites for hydroxylation is 1. The summed E-state index contributed by atoms with van der Waals surface area (Å²) >= 11 is 0. The van der Waals surface area contributed by atoms with Gasteiger partial charge in [-0.3, -0.25) is 4.79 Å². The first-order valence-electron chi connectivity index (χ1n) is 6.60. The van der Waals surface area contributed by atoms with Crippen LogP contribution in [0.1, 0.15) is 25.0 Å². The molecule has 0 N–H and O–H groups in total. The number of esters is 2. The maximum Gasteiger partial charge on any atom is 0.361 e. The van der Waals surface area contributed by atoms with E-state index in [1.165, 1.54) is 27.2 Å². The SMILES string of the molecule is CCOC(=O)/C(=N/OC)c1c(C)cc(OC)cc1OC(C)=O. The largest absolute Gasteiger partial charge is 0.497 e. The highest BCUT2D eigenvalue weighted by Gasteiger charge is 2.24. The number of carbonyl (C=O) groups is 2. The molecule has 1 aromatic carbocycles. The molecule has 0 fully saturated rings. The number of carbonyl (C=O) groups excluding carboxylic acids is 2. The number of nitrogens with zero attached hydrogens (tertiary/aromatic N) is 1. The lowest BCUT2D eigenvalue weighted by Crippen LogP contribution is -2.22. The monoisotopic (exact) mass is 309 g/mol. The third-order valence-corrected chi connectivity index (χ3v) is 2.65. The van der Waals surface area contributed by atoms with Crippen molar-refractivity contribution >= 4 is 17.7 Å². The smallest absolute Gasteiger partial charge is 0.361 e. The van der Waals surface area contributed by atoms with Crippen molar-refractivity contribution in [3.8, 4) is 11.5 Å². The van der Waals surface area contributed by atoms with Crippen molar-refractivity contribution in [2.45, 2.75) is 20.8 Å². The van der Waals surface area contributed by atoms with E-state index in [0.29, 0.717) is 16.9 Å². The molecule has 0 heterocycles. The van der Waals surface area contributed by atoms with Gasteiger partial charge in [0.25, 0.3) is 0 Å². The highest BCUT2D eigenvalue weighted by atomic mass is 16.6. The minimum absolute atomic E-state index is 0.0826. The number of oxime groups is 1. The quantitative estimate of drug-likeness (QED) is 0.345. The molecule has 0 radical (unpaired) electrons. The molecular weight excluding hydrogens is 290 g/mol. The van der Waals surface area contributed by atoms with Crippen molar-refractivity contribution in [2.75, 3.05) is 20.8 Å². The van der Waals surface area contributed by atoms with Crippen LogP contribution in [0.3, 0.4) is 0 Å². The van der Waals surface area contributed by atoms with Crippen molar-refractivity contribution in [1.82, 2.24) is 0 Å². The minimum atomic E-state index is -0.675. The fourth-order valence-corrected chi connectivity index (χ4v) is 1.86. The molecule has 0 saturated carbocycles. The number of hydrogen-bond acceptors (Lipinski definition) is 7.